The van der Waals surface area contributed by atoms with Crippen molar-refractivity contribution in [2.45, 2.75) is 6.54 Å². The normalized spacial score (nSPS) is 13.3. The third-order valence-corrected chi connectivity index (χ3v) is 3.91. The summed E-state index contributed by atoms with van der Waals surface area (Å²) in [6.45, 7) is 0.801. The molecule has 1 N–H and O–H groups in total. The number of rotatable bonds is 4. The molecular formula is C18H19N3O2. The predicted molar refractivity (Wildman–Crippen MR) is 90.2 cm³/mol. The zero-order valence-corrected chi connectivity index (χ0v) is 13.0. The van der Waals surface area contributed by atoms with E-state index in [-0.39, 0.29) is 24.9 Å². The van der Waals surface area contributed by atoms with Crippen LogP contribution in [0.4, 0.5) is 11.4 Å². The summed E-state index contributed by atoms with van der Waals surface area (Å²) in [7, 11) is 1.76. The van der Waals surface area contributed by atoms with Crippen molar-refractivity contribution >= 4 is 23.2 Å². The molecule has 0 spiro atoms. The van der Waals surface area contributed by atoms with Gasteiger partial charge in [-0.15, -0.1) is 0 Å². The first-order valence-corrected chi connectivity index (χ1v) is 7.56. The molecule has 5 heteroatoms. The molecule has 1 heterocycles. The minimum Gasteiger partial charge on any atom is -0.374 e. The van der Waals surface area contributed by atoms with Gasteiger partial charge in [0, 0.05) is 13.6 Å². The van der Waals surface area contributed by atoms with Gasteiger partial charge < -0.3 is 10.2 Å². The number of nitrogens with one attached hydrogen (secondary N) is 1. The van der Waals surface area contributed by atoms with Crippen molar-refractivity contribution in [1.29, 1.82) is 0 Å². The van der Waals surface area contributed by atoms with Crippen LogP contribution >= 0.6 is 0 Å². The van der Waals surface area contributed by atoms with Gasteiger partial charge in [-0.1, -0.05) is 42.5 Å². The first-order valence-electron chi connectivity index (χ1n) is 7.56. The lowest BCUT2D eigenvalue weighted by Crippen LogP contribution is -2.46. The van der Waals surface area contributed by atoms with Crippen LogP contribution in [-0.2, 0) is 16.1 Å². The number of likely N-dealkylation sites (N-methyl/N-ethyl adjacent to an activating group) is 1. The third-order valence-electron chi connectivity index (χ3n) is 3.91. The van der Waals surface area contributed by atoms with Gasteiger partial charge in [-0.05, 0) is 17.7 Å². The summed E-state index contributed by atoms with van der Waals surface area (Å²) in [6, 6.07) is 17.3. The third kappa shape index (κ3) is 3.34. The Labute approximate surface area is 135 Å². The van der Waals surface area contributed by atoms with Gasteiger partial charge in [0.05, 0.1) is 17.9 Å². The van der Waals surface area contributed by atoms with Crippen LogP contribution in [0.15, 0.2) is 54.6 Å². The molecule has 0 fully saturated rings. The number of para-hydroxylation sites is 2. The van der Waals surface area contributed by atoms with Crippen LogP contribution in [0.5, 0.6) is 0 Å². The molecule has 0 aromatic heterocycles. The van der Waals surface area contributed by atoms with E-state index in [4.69, 9.17) is 0 Å². The standard InChI is InChI=1S/C18H19N3O2/c1-20(12-14-7-3-2-4-8-14)18(23)13-21-16-10-6-5-9-15(16)19-11-17(21)22/h2-10,19H,11-13H2,1H3. The van der Waals surface area contributed by atoms with E-state index in [1.165, 1.54) is 0 Å². The highest BCUT2D eigenvalue weighted by atomic mass is 16.2. The Morgan fingerprint density at radius 1 is 1.13 bits per heavy atom. The fraction of sp³-hybridized carbons (Fsp3) is 0.222. The number of carbonyl (C=O) groups is 2. The first kappa shape index (κ1) is 15.1. The van der Waals surface area contributed by atoms with Crippen molar-refractivity contribution in [2.75, 3.05) is 30.4 Å². The average molecular weight is 309 g/mol. The Kier molecular flexibility index (Phi) is 4.28. The summed E-state index contributed by atoms with van der Waals surface area (Å²) in [5.74, 6) is -0.177. The predicted octanol–water partition coefficient (Wildman–Crippen LogP) is 2.10. The maximum Gasteiger partial charge on any atom is 0.246 e. The number of nitrogens with zero attached hydrogens (tertiary/aromatic N) is 2. The molecule has 0 radical (unpaired) electrons. The van der Waals surface area contributed by atoms with Gasteiger partial charge in [0.25, 0.3) is 0 Å². The second-order valence-electron chi connectivity index (χ2n) is 5.59. The van der Waals surface area contributed by atoms with E-state index in [1.807, 2.05) is 54.6 Å². The summed E-state index contributed by atoms with van der Waals surface area (Å²) in [5.41, 5.74) is 2.70. The zero-order chi connectivity index (χ0) is 16.2. The molecule has 2 amide bonds. The van der Waals surface area contributed by atoms with E-state index in [0.29, 0.717) is 6.54 Å². The number of anilines is 2. The van der Waals surface area contributed by atoms with E-state index in [9.17, 15) is 9.59 Å². The van der Waals surface area contributed by atoms with Crippen LogP contribution in [0.1, 0.15) is 5.56 Å². The largest absolute Gasteiger partial charge is 0.374 e. The second kappa shape index (κ2) is 6.52. The molecule has 3 rings (SSSR count). The summed E-state index contributed by atoms with van der Waals surface area (Å²) >= 11 is 0. The molecule has 0 unspecified atom stereocenters. The lowest BCUT2D eigenvalue weighted by atomic mass is 10.2. The summed E-state index contributed by atoms with van der Waals surface area (Å²) < 4.78 is 0. The zero-order valence-electron chi connectivity index (χ0n) is 13.0. The molecule has 0 bridgehead atoms. The molecule has 23 heavy (non-hydrogen) atoms. The SMILES string of the molecule is CN(Cc1ccccc1)C(=O)CN1C(=O)CNc2ccccc21. The van der Waals surface area contributed by atoms with Crippen molar-refractivity contribution in [1.82, 2.24) is 4.90 Å². The van der Waals surface area contributed by atoms with Gasteiger partial charge in [-0.25, -0.2) is 0 Å². The van der Waals surface area contributed by atoms with Gasteiger partial charge in [0.1, 0.15) is 6.54 Å². The molecule has 2 aromatic rings. The fourth-order valence-corrected chi connectivity index (χ4v) is 2.63. The number of hydrogen-bond acceptors (Lipinski definition) is 3. The molecule has 0 saturated heterocycles. The maximum atomic E-state index is 12.5. The van der Waals surface area contributed by atoms with Crippen molar-refractivity contribution in [3.63, 3.8) is 0 Å². The lowest BCUT2D eigenvalue weighted by molar-refractivity contribution is -0.130. The smallest absolute Gasteiger partial charge is 0.246 e. The summed E-state index contributed by atoms with van der Waals surface area (Å²) in [5, 5.41) is 3.07. The van der Waals surface area contributed by atoms with Gasteiger partial charge in [0.2, 0.25) is 11.8 Å². The minimum absolute atomic E-state index is 0.0564. The van der Waals surface area contributed by atoms with Crippen LogP contribution in [0.3, 0.4) is 0 Å². The average Bonchev–Trinajstić information content (AvgIpc) is 2.58. The highest BCUT2D eigenvalue weighted by Gasteiger charge is 2.26. The molecule has 0 aliphatic carbocycles. The van der Waals surface area contributed by atoms with Crippen molar-refractivity contribution < 1.29 is 9.59 Å². The molecule has 1 aliphatic rings. The lowest BCUT2D eigenvalue weighted by Gasteiger charge is -2.31. The Morgan fingerprint density at radius 3 is 2.61 bits per heavy atom. The maximum absolute atomic E-state index is 12.5. The van der Waals surface area contributed by atoms with Crippen LogP contribution in [-0.4, -0.2) is 36.9 Å². The van der Waals surface area contributed by atoms with Gasteiger partial charge in [-0.2, -0.15) is 0 Å². The van der Waals surface area contributed by atoms with E-state index in [1.54, 1.807) is 16.8 Å². The Bertz CT molecular complexity index is 715. The monoisotopic (exact) mass is 309 g/mol. The Balaban J connectivity index is 1.71. The highest BCUT2D eigenvalue weighted by molar-refractivity contribution is 6.05. The minimum atomic E-state index is -0.0924. The highest BCUT2D eigenvalue weighted by Crippen LogP contribution is 2.28. The molecule has 2 aromatic carbocycles. The van der Waals surface area contributed by atoms with E-state index < -0.39 is 0 Å². The Hall–Kier alpha value is -2.82. The van der Waals surface area contributed by atoms with Gasteiger partial charge in [-0.3, -0.25) is 14.5 Å². The second-order valence-corrected chi connectivity index (χ2v) is 5.59. The van der Waals surface area contributed by atoms with E-state index >= 15 is 0 Å². The van der Waals surface area contributed by atoms with Crippen LogP contribution < -0.4 is 10.2 Å². The first-order chi connectivity index (χ1) is 11.1. The topological polar surface area (TPSA) is 52.7 Å². The van der Waals surface area contributed by atoms with Crippen molar-refractivity contribution in [3.8, 4) is 0 Å². The van der Waals surface area contributed by atoms with Gasteiger partial charge in [0.15, 0.2) is 0 Å². The molecule has 5 nitrogen and oxygen atoms in total. The Morgan fingerprint density at radius 2 is 1.83 bits per heavy atom. The van der Waals surface area contributed by atoms with Crippen molar-refractivity contribution in [2.24, 2.45) is 0 Å². The summed E-state index contributed by atoms with van der Waals surface area (Å²) in [4.78, 5) is 27.8. The van der Waals surface area contributed by atoms with E-state index in [0.717, 1.165) is 16.9 Å². The molecule has 0 atom stereocenters. The number of fused-ring (bicyclic) bond motifs is 1. The number of amides is 2. The molecule has 1 aliphatic heterocycles. The van der Waals surface area contributed by atoms with Gasteiger partial charge >= 0.3 is 0 Å². The van der Waals surface area contributed by atoms with E-state index in [2.05, 4.69) is 5.32 Å². The molecule has 0 saturated carbocycles. The fourth-order valence-electron chi connectivity index (χ4n) is 2.63. The molecule has 118 valence electrons. The number of benzene rings is 2. The summed E-state index contributed by atoms with van der Waals surface area (Å²) in [6.07, 6.45) is 0. The number of carbonyl (C=O) groups excluding carboxylic acids is 2. The number of hydrogen-bond donors (Lipinski definition) is 1. The van der Waals surface area contributed by atoms with Crippen LogP contribution in [0, 0.1) is 0 Å². The molecular weight excluding hydrogens is 290 g/mol. The van der Waals surface area contributed by atoms with Crippen LogP contribution in [0.2, 0.25) is 0 Å². The van der Waals surface area contributed by atoms with Crippen LogP contribution in [0.25, 0.3) is 0 Å². The quantitative estimate of drug-likeness (QED) is 0.941. The van der Waals surface area contributed by atoms with Crippen molar-refractivity contribution in [3.05, 3.63) is 60.2 Å².